The molecular weight excluding hydrogens is 391 g/mol. The molecule has 0 radical (unpaired) electrons. The van der Waals surface area contributed by atoms with E-state index in [4.69, 9.17) is 16.0 Å². The summed E-state index contributed by atoms with van der Waals surface area (Å²) >= 11 is 8.38. The molecule has 0 bridgehead atoms. The number of oxazole rings is 1. The summed E-state index contributed by atoms with van der Waals surface area (Å²) in [7, 11) is 0. The van der Waals surface area contributed by atoms with Crippen LogP contribution in [-0.4, -0.2) is 11.4 Å². The number of carbonyl (C=O) groups is 1. The van der Waals surface area contributed by atoms with Gasteiger partial charge in [-0.1, -0.05) is 11.6 Å². The van der Waals surface area contributed by atoms with Crippen LogP contribution < -0.4 is 5.32 Å². The van der Waals surface area contributed by atoms with Gasteiger partial charge in [0.25, 0.3) is 0 Å². The molecule has 1 heterocycles. The zero-order chi connectivity index (χ0) is 14.1. The van der Waals surface area contributed by atoms with E-state index in [1.165, 1.54) is 0 Å². The number of nitrogens with zero attached hydrogens (tertiary/aromatic N) is 1. The molecule has 0 aliphatic rings. The van der Waals surface area contributed by atoms with Crippen LogP contribution in [-0.2, 0) is 4.79 Å². The van der Waals surface area contributed by atoms with Gasteiger partial charge in [-0.15, -0.1) is 0 Å². The first kappa shape index (κ1) is 13.4. The molecule has 0 saturated carbocycles. The quantitative estimate of drug-likeness (QED) is 0.528. The molecular formula is C14H8ClIN2O2. The van der Waals surface area contributed by atoms with Crippen LogP contribution in [0, 0.1) is 3.57 Å². The molecule has 100 valence electrons. The number of rotatable bonds is 3. The van der Waals surface area contributed by atoms with Gasteiger partial charge in [0, 0.05) is 9.26 Å². The Morgan fingerprint density at radius 1 is 1.25 bits per heavy atom. The summed E-state index contributed by atoms with van der Waals surface area (Å²) in [6.45, 7) is 0. The Balaban J connectivity index is 2.12. The van der Waals surface area contributed by atoms with Crippen molar-refractivity contribution in [1.82, 2.24) is 4.98 Å². The topological polar surface area (TPSA) is 55.1 Å². The molecule has 0 aliphatic carbocycles. The molecule has 1 amide bonds. The predicted octanol–water partition coefficient (Wildman–Crippen LogP) is 4.32. The van der Waals surface area contributed by atoms with Crippen molar-refractivity contribution in [1.29, 1.82) is 0 Å². The van der Waals surface area contributed by atoms with Gasteiger partial charge >= 0.3 is 0 Å². The van der Waals surface area contributed by atoms with Gasteiger partial charge in [-0.3, -0.25) is 4.79 Å². The average molecular weight is 399 g/mol. The maximum absolute atomic E-state index is 10.4. The Labute approximate surface area is 133 Å². The first-order chi connectivity index (χ1) is 9.67. The lowest BCUT2D eigenvalue weighted by molar-refractivity contribution is -0.105. The maximum atomic E-state index is 10.4. The number of amides is 1. The van der Waals surface area contributed by atoms with Crippen LogP contribution in [0.3, 0.4) is 0 Å². The van der Waals surface area contributed by atoms with E-state index in [0.29, 0.717) is 34.1 Å². The number of carbonyl (C=O) groups excluding carboxylic acids is 1. The number of hydrogen-bond donors (Lipinski definition) is 1. The predicted molar refractivity (Wildman–Crippen MR) is 86.9 cm³/mol. The molecule has 4 nitrogen and oxygen atoms in total. The lowest BCUT2D eigenvalue weighted by Gasteiger charge is -1.99. The van der Waals surface area contributed by atoms with Crippen molar-refractivity contribution in [2.45, 2.75) is 0 Å². The van der Waals surface area contributed by atoms with E-state index in [9.17, 15) is 4.79 Å². The third kappa shape index (κ3) is 2.51. The molecule has 0 fully saturated rings. The van der Waals surface area contributed by atoms with Crippen molar-refractivity contribution in [2.75, 3.05) is 5.32 Å². The molecule has 1 N–H and O–H groups in total. The molecule has 0 aliphatic heterocycles. The molecule has 20 heavy (non-hydrogen) atoms. The Morgan fingerprint density at radius 2 is 2.10 bits per heavy atom. The van der Waals surface area contributed by atoms with Gasteiger partial charge in [0.15, 0.2) is 5.58 Å². The normalized spacial score (nSPS) is 10.7. The van der Waals surface area contributed by atoms with Crippen molar-refractivity contribution in [3.05, 3.63) is 45.0 Å². The minimum atomic E-state index is 0.465. The van der Waals surface area contributed by atoms with Gasteiger partial charge in [-0.25, -0.2) is 4.98 Å². The molecule has 0 unspecified atom stereocenters. The van der Waals surface area contributed by atoms with E-state index in [1.54, 1.807) is 18.2 Å². The number of halogens is 2. The average Bonchev–Trinajstić information content (AvgIpc) is 2.85. The van der Waals surface area contributed by atoms with Crippen LogP contribution in [0.2, 0.25) is 5.02 Å². The van der Waals surface area contributed by atoms with Crippen LogP contribution in [0.25, 0.3) is 22.6 Å². The molecule has 3 aromatic rings. The van der Waals surface area contributed by atoms with E-state index in [1.807, 2.05) is 18.2 Å². The summed E-state index contributed by atoms with van der Waals surface area (Å²) in [5.41, 5.74) is 2.73. The van der Waals surface area contributed by atoms with Crippen molar-refractivity contribution in [3.8, 4) is 11.5 Å². The first-order valence-corrected chi connectivity index (χ1v) is 7.19. The lowest BCUT2D eigenvalue weighted by atomic mass is 10.2. The molecule has 2 aromatic carbocycles. The Bertz CT molecular complexity index is 801. The third-order valence-electron chi connectivity index (χ3n) is 2.77. The van der Waals surface area contributed by atoms with Crippen LogP contribution >= 0.6 is 34.2 Å². The fourth-order valence-electron chi connectivity index (χ4n) is 1.86. The molecule has 3 rings (SSSR count). The summed E-state index contributed by atoms with van der Waals surface area (Å²) in [5.74, 6) is 0.465. The SMILES string of the molecule is O=CNc1ccc2oc(-c3cc(I)ccc3Cl)nc2c1. The van der Waals surface area contributed by atoms with E-state index in [-0.39, 0.29) is 0 Å². The van der Waals surface area contributed by atoms with Crippen molar-refractivity contribution >= 4 is 57.4 Å². The number of fused-ring (bicyclic) bond motifs is 1. The second-order valence-electron chi connectivity index (χ2n) is 4.09. The Kier molecular flexibility index (Phi) is 3.62. The fraction of sp³-hybridized carbons (Fsp3) is 0. The highest BCUT2D eigenvalue weighted by atomic mass is 127. The summed E-state index contributed by atoms with van der Waals surface area (Å²) < 4.78 is 6.76. The number of nitrogens with one attached hydrogen (secondary N) is 1. The van der Waals surface area contributed by atoms with Crippen LogP contribution in [0.15, 0.2) is 40.8 Å². The zero-order valence-corrected chi connectivity index (χ0v) is 13.0. The van der Waals surface area contributed by atoms with Gasteiger partial charge in [-0.05, 0) is 59.0 Å². The van der Waals surface area contributed by atoms with Gasteiger partial charge < -0.3 is 9.73 Å². The van der Waals surface area contributed by atoms with Gasteiger partial charge in [0.05, 0.1) is 10.6 Å². The Morgan fingerprint density at radius 3 is 2.90 bits per heavy atom. The van der Waals surface area contributed by atoms with E-state index >= 15 is 0 Å². The second kappa shape index (κ2) is 5.41. The minimum Gasteiger partial charge on any atom is -0.436 e. The zero-order valence-electron chi connectivity index (χ0n) is 10.1. The van der Waals surface area contributed by atoms with Gasteiger partial charge in [0.2, 0.25) is 12.3 Å². The number of aromatic nitrogens is 1. The number of benzene rings is 2. The summed E-state index contributed by atoms with van der Waals surface area (Å²) in [6, 6.07) is 10.9. The fourth-order valence-corrected chi connectivity index (χ4v) is 2.55. The number of anilines is 1. The highest BCUT2D eigenvalue weighted by Gasteiger charge is 2.12. The Hall–Kier alpha value is -1.60. The smallest absolute Gasteiger partial charge is 0.228 e. The third-order valence-corrected chi connectivity index (χ3v) is 3.77. The molecule has 6 heteroatoms. The van der Waals surface area contributed by atoms with Crippen molar-refractivity contribution in [2.24, 2.45) is 0 Å². The lowest BCUT2D eigenvalue weighted by Crippen LogP contribution is -1.92. The molecule has 1 aromatic heterocycles. The minimum absolute atomic E-state index is 0.465. The first-order valence-electron chi connectivity index (χ1n) is 5.73. The van der Waals surface area contributed by atoms with Crippen LogP contribution in [0.5, 0.6) is 0 Å². The standard InChI is InChI=1S/C14H8ClIN2O2/c15-11-3-1-8(16)5-10(11)14-18-12-6-9(17-7-19)2-4-13(12)20-14/h1-7H,(H,17,19). The summed E-state index contributed by atoms with van der Waals surface area (Å²) in [6.07, 6.45) is 0.624. The van der Waals surface area contributed by atoms with Gasteiger partial charge in [-0.2, -0.15) is 0 Å². The molecule has 0 atom stereocenters. The monoisotopic (exact) mass is 398 g/mol. The molecule has 0 spiro atoms. The van der Waals surface area contributed by atoms with E-state index in [2.05, 4.69) is 32.9 Å². The summed E-state index contributed by atoms with van der Waals surface area (Å²) in [5, 5.41) is 3.17. The second-order valence-corrected chi connectivity index (χ2v) is 5.74. The summed E-state index contributed by atoms with van der Waals surface area (Å²) in [4.78, 5) is 14.9. The highest BCUT2D eigenvalue weighted by molar-refractivity contribution is 14.1. The molecule has 0 saturated heterocycles. The van der Waals surface area contributed by atoms with Crippen molar-refractivity contribution < 1.29 is 9.21 Å². The largest absolute Gasteiger partial charge is 0.436 e. The van der Waals surface area contributed by atoms with Gasteiger partial charge in [0.1, 0.15) is 5.52 Å². The van der Waals surface area contributed by atoms with E-state index in [0.717, 1.165) is 9.13 Å². The van der Waals surface area contributed by atoms with Crippen LogP contribution in [0.4, 0.5) is 5.69 Å². The highest BCUT2D eigenvalue weighted by Crippen LogP contribution is 2.31. The van der Waals surface area contributed by atoms with E-state index < -0.39 is 0 Å². The number of hydrogen-bond acceptors (Lipinski definition) is 3. The maximum Gasteiger partial charge on any atom is 0.228 e. The van der Waals surface area contributed by atoms with Crippen LogP contribution in [0.1, 0.15) is 0 Å². The van der Waals surface area contributed by atoms with Crippen molar-refractivity contribution in [3.63, 3.8) is 0 Å².